The number of nitriles is 1. The van der Waals surface area contributed by atoms with Gasteiger partial charge in [0, 0.05) is 14.8 Å². The molecule has 2 rings (SSSR count). The van der Waals surface area contributed by atoms with Gasteiger partial charge in [-0.15, -0.1) is 0 Å². The molecule has 1 amide bonds. The summed E-state index contributed by atoms with van der Waals surface area (Å²) in [5.41, 5.74) is 1.19. The summed E-state index contributed by atoms with van der Waals surface area (Å²) in [6.07, 6.45) is 1.48. The lowest BCUT2D eigenvalue weighted by atomic mass is 10.1. The van der Waals surface area contributed by atoms with Gasteiger partial charge in [-0.3, -0.25) is 4.79 Å². The van der Waals surface area contributed by atoms with Crippen LogP contribution in [0, 0.1) is 14.9 Å². The van der Waals surface area contributed by atoms with Crippen molar-refractivity contribution in [3.8, 4) is 17.6 Å². The Morgan fingerprint density at radius 1 is 1.17 bits per heavy atom. The molecule has 0 radical (unpaired) electrons. The molecule has 0 spiro atoms. The number of benzene rings is 2. The highest BCUT2D eigenvalue weighted by Crippen LogP contribution is 2.32. The number of amides is 1. The minimum atomic E-state index is -0.483. The molecule has 6 heteroatoms. The lowest BCUT2D eigenvalue weighted by molar-refractivity contribution is -0.112. The molecule has 122 valence electrons. The van der Waals surface area contributed by atoms with Crippen LogP contribution in [0.2, 0.25) is 0 Å². The number of anilines is 1. The van der Waals surface area contributed by atoms with Crippen LogP contribution in [0.5, 0.6) is 11.5 Å². The van der Waals surface area contributed by atoms with E-state index in [1.165, 1.54) is 20.3 Å². The summed E-state index contributed by atoms with van der Waals surface area (Å²) >= 11 is 2.18. The first-order valence-corrected chi connectivity index (χ1v) is 8.06. The van der Waals surface area contributed by atoms with Crippen LogP contribution < -0.4 is 14.8 Å². The first-order chi connectivity index (χ1) is 11.6. The second kappa shape index (κ2) is 8.36. The highest BCUT2D eigenvalue weighted by Gasteiger charge is 2.13. The Balaban J connectivity index is 2.31. The van der Waals surface area contributed by atoms with E-state index in [2.05, 4.69) is 27.9 Å². The maximum Gasteiger partial charge on any atom is 0.266 e. The van der Waals surface area contributed by atoms with Gasteiger partial charge in [0.2, 0.25) is 0 Å². The number of hydrogen-bond donors (Lipinski definition) is 1. The molecule has 0 atom stereocenters. The summed E-state index contributed by atoms with van der Waals surface area (Å²) in [6, 6.07) is 14.5. The van der Waals surface area contributed by atoms with E-state index in [1.54, 1.807) is 30.3 Å². The molecular weight excluding hydrogens is 419 g/mol. The molecule has 1 N–H and O–H groups in total. The van der Waals surface area contributed by atoms with Crippen LogP contribution in [0.3, 0.4) is 0 Å². The van der Waals surface area contributed by atoms with Gasteiger partial charge < -0.3 is 14.8 Å². The summed E-state index contributed by atoms with van der Waals surface area (Å²) < 4.78 is 11.6. The Kier molecular flexibility index (Phi) is 6.21. The van der Waals surface area contributed by atoms with E-state index in [9.17, 15) is 10.1 Å². The van der Waals surface area contributed by atoms with E-state index >= 15 is 0 Å². The van der Waals surface area contributed by atoms with E-state index in [4.69, 9.17) is 9.47 Å². The van der Waals surface area contributed by atoms with Gasteiger partial charge in [0.15, 0.2) is 11.5 Å². The van der Waals surface area contributed by atoms with E-state index < -0.39 is 5.91 Å². The fourth-order valence-corrected chi connectivity index (χ4v) is 2.42. The Morgan fingerprint density at radius 3 is 2.46 bits per heavy atom. The first-order valence-electron chi connectivity index (χ1n) is 6.98. The third-order valence-electron chi connectivity index (χ3n) is 3.20. The van der Waals surface area contributed by atoms with Crippen LogP contribution in [0.25, 0.3) is 6.08 Å². The van der Waals surface area contributed by atoms with Gasteiger partial charge in [-0.2, -0.15) is 5.26 Å². The molecule has 0 heterocycles. The predicted octanol–water partition coefficient (Wildman–Crippen LogP) is 3.85. The van der Waals surface area contributed by atoms with Crippen molar-refractivity contribution in [3.05, 3.63) is 57.2 Å². The van der Waals surface area contributed by atoms with E-state index in [0.29, 0.717) is 22.7 Å². The molecule has 24 heavy (non-hydrogen) atoms. The highest BCUT2D eigenvalue weighted by atomic mass is 127. The van der Waals surface area contributed by atoms with E-state index in [1.807, 2.05) is 18.2 Å². The van der Waals surface area contributed by atoms with Crippen LogP contribution in [-0.2, 0) is 4.79 Å². The van der Waals surface area contributed by atoms with Crippen LogP contribution in [0.4, 0.5) is 5.69 Å². The van der Waals surface area contributed by atoms with E-state index in [-0.39, 0.29) is 5.57 Å². The summed E-state index contributed by atoms with van der Waals surface area (Å²) in [5, 5.41) is 12.0. The number of rotatable bonds is 5. The van der Waals surface area contributed by atoms with E-state index in [0.717, 1.165) is 3.57 Å². The molecule has 0 fully saturated rings. The zero-order valence-corrected chi connectivity index (χ0v) is 15.3. The second-order valence-corrected chi connectivity index (χ2v) is 5.96. The maximum absolute atomic E-state index is 12.3. The minimum Gasteiger partial charge on any atom is -0.493 e. The third kappa shape index (κ3) is 4.26. The van der Waals surface area contributed by atoms with Gasteiger partial charge in [0.05, 0.1) is 14.2 Å². The maximum atomic E-state index is 12.3. The molecule has 0 aliphatic rings. The number of hydrogen-bond acceptors (Lipinski definition) is 4. The minimum absolute atomic E-state index is 0.0277. The van der Waals surface area contributed by atoms with Crippen LogP contribution in [0.1, 0.15) is 5.56 Å². The smallest absolute Gasteiger partial charge is 0.266 e. The second-order valence-electron chi connectivity index (χ2n) is 4.71. The van der Waals surface area contributed by atoms with Gasteiger partial charge in [-0.25, -0.2) is 0 Å². The lowest BCUT2D eigenvalue weighted by Gasteiger charge is -2.10. The molecule has 5 nitrogen and oxygen atoms in total. The number of nitrogens with one attached hydrogen (secondary N) is 1. The fraction of sp³-hybridized carbons (Fsp3) is 0.111. The molecule has 0 bridgehead atoms. The number of carbonyl (C=O) groups excluding carboxylic acids is 1. The number of para-hydroxylation sites is 1. The molecule has 2 aromatic carbocycles. The van der Waals surface area contributed by atoms with Crippen molar-refractivity contribution < 1.29 is 14.3 Å². The molecule has 0 saturated heterocycles. The SMILES string of the molecule is COc1cccc(/C=C(\C#N)C(=O)Nc2ccc(I)cc2)c1OC. The summed E-state index contributed by atoms with van der Waals surface area (Å²) in [7, 11) is 3.03. The van der Waals surface area contributed by atoms with Crippen molar-refractivity contribution >= 4 is 40.3 Å². The number of methoxy groups -OCH3 is 2. The Hall–Kier alpha value is -2.53. The van der Waals surface area contributed by atoms with Crippen molar-refractivity contribution in [2.24, 2.45) is 0 Å². The van der Waals surface area contributed by atoms with Gasteiger partial charge in [-0.1, -0.05) is 12.1 Å². The number of halogens is 1. The highest BCUT2D eigenvalue weighted by molar-refractivity contribution is 14.1. The van der Waals surface area contributed by atoms with Crippen molar-refractivity contribution in [1.82, 2.24) is 0 Å². The summed E-state index contributed by atoms with van der Waals surface area (Å²) in [6.45, 7) is 0. The summed E-state index contributed by atoms with van der Waals surface area (Å²) in [5.74, 6) is 0.514. The normalized spacial score (nSPS) is 10.7. The summed E-state index contributed by atoms with van der Waals surface area (Å²) in [4.78, 5) is 12.3. The Bertz CT molecular complexity index is 808. The molecule has 0 unspecified atom stereocenters. The van der Waals surface area contributed by atoms with Crippen molar-refractivity contribution in [2.75, 3.05) is 19.5 Å². The first kappa shape index (κ1) is 17.8. The standard InChI is InChI=1S/C18H15IN2O3/c1-23-16-5-3-4-12(17(16)24-2)10-13(11-20)18(22)21-15-8-6-14(19)7-9-15/h3-10H,1-2H3,(H,21,22)/b13-10+. The molecule has 0 aliphatic carbocycles. The van der Waals surface area contributed by atoms with Gasteiger partial charge >= 0.3 is 0 Å². The number of carbonyl (C=O) groups is 1. The average molecular weight is 434 g/mol. The fourth-order valence-electron chi connectivity index (χ4n) is 2.06. The monoisotopic (exact) mass is 434 g/mol. The average Bonchev–Trinajstić information content (AvgIpc) is 2.60. The number of nitrogens with zero attached hydrogens (tertiary/aromatic N) is 1. The number of ether oxygens (including phenoxy) is 2. The Labute approximate surface area is 154 Å². The quantitative estimate of drug-likeness (QED) is 0.441. The largest absolute Gasteiger partial charge is 0.493 e. The topological polar surface area (TPSA) is 71.3 Å². The zero-order chi connectivity index (χ0) is 17.5. The third-order valence-corrected chi connectivity index (χ3v) is 3.92. The lowest BCUT2D eigenvalue weighted by Crippen LogP contribution is -2.13. The Morgan fingerprint density at radius 2 is 1.88 bits per heavy atom. The van der Waals surface area contributed by atoms with Crippen LogP contribution >= 0.6 is 22.6 Å². The molecule has 0 aliphatic heterocycles. The van der Waals surface area contributed by atoms with Crippen LogP contribution in [-0.4, -0.2) is 20.1 Å². The molecule has 0 saturated carbocycles. The van der Waals surface area contributed by atoms with Crippen molar-refractivity contribution in [3.63, 3.8) is 0 Å². The van der Waals surface area contributed by atoms with Crippen LogP contribution in [0.15, 0.2) is 48.0 Å². The molecular formula is C18H15IN2O3. The van der Waals surface area contributed by atoms with Gasteiger partial charge in [0.1, 0.15) is 11.6 Å². The molecule has 2 aromatic rings. The van der Waals surface area contributed by atoms with Gasteiger partial charge in [0.25, 0.3) is 5.91 Å². The van der Waals surface area contributed by atoms with Crippen molar-refractivity contribution in [2.45, 2.75) is 0 Å². The van der Waals surface area contributed by atoms with Gasteiger partial charge in [-0.05, 0) is 59.0 Å². The predicted molar refractivity (Wildman–Crippen MR) is 101 cm³/mol. The van der Waals surface area contributed by atoms with Crippen molar-refractivity contribution in [1.29, 1.82) is 5.26 Å². The molecule has 0 aromatic heterocycles. The zero-order valence-electron chi connectivity index (χ0n) is 13.2.